The van der Waals surface area contributed by atoms with E-state index in [2.05, 4.69) is 15.5 Å². The van der Waals surface area contributed by atoms with Crippen LogP contribution in [0.15, 0.2) is 46.9 Å². The fourth-order valence-electron chi connectivity index (χ4n) is 2.68. The van der Waals surface area contributed by atoms with Crippen LogP contribution in [0.1, 0.15) is 27.7 Å². The van der Waals surface area contributed by atoms with Gasteiger partial charge in [-0.15, -0.1) is 10.2 Å². The van der Waals surface area contributed by atoms with E-state index < -0.39 is 5.91 Å². The minimum absolute atomic E-state index is 0.0922. The lowest BCUT2D eigenvalue weighted by atomic mass is 10.1. The minimum Gasteiger partial charge on any atom is -0.496 e. The molecule has 0 radical (unpaired) electrons. The summed E-state index contributed by atoms with van der Waals surface area (Å²) in [5.74, 6) is 1.72. The van der Waals surface area contributed by atoms with Gasteiger partial charge < -0.3 is 23.9 Å². The van der Waals surface area contributed by atoms with Gasteiger partial charge in [0.1, 0.15) is 5.75 Å². The van der Waals surface area contributed by atoms with Gasteiger partial charge in [0, 0.05) is 12.1 Å². The van der Waals surface area contributed by atoms with Crippen molar-refractivity contribution >= 4 is 5.91 Å². The van der Waals surface area contributed by atoms with Crippen molar-refractivity contribution in [2.75, 3.05) is 21.3 Å². The fourth-order valence-corrected chi connectivity index (χ4v) is 2.68. The summed E-state index contributed by atoms with van der Waals surface area (Å²) in [6, 6.07) is 12.9. The van der Waals surface area contributed by atoms with Gasteiger partial charge in [-0.25, -0.2) is 0 Å². The van der Waals surface area contributed by atoms with Crippen LogP contribution in [-0.2, 0) is 13.0 Å². The Balaban J connectivity index is 1.64. The number of hydrogen-bond acceptors (Lipinski definition) is 7. The highest BCUT2D eigenvalue weighted by Gasteiger charge is 2.16. The van der Waals surface area contributed by atoms with Crippen LogP contribution in [0.3, 0.4) is 0 Å². The molecule has 28 heavy (non-hydrogen) atoms. The molecule has 1 aromatic heterocycles. The molecule has 0 aliphatic rings. The van der Waals surface area contributed by atoms with Crippen molar-refractivity contribution in [3.05, 3.63) is 65.4 Å². The molecule has 0 fully saturated rings. The van der Waals surface area contributed by atoms with Crippen LogP contribution in [0.4, 0.5) is 0 Å². The Hall–Kier alpha value is -3.55. The maximum Gasteiger partial charge on any atom is 0.309 e. The first-order chi connectivity index (χ1) is 13.6. The molecule has 1 N–H and O–H groups in total. The Kier molecular flexibility index (Phi) is 6.11. The summed E-state index contributed by atoms with van der Waals surface area (Å²) in [5, 5.41) is 10.5. The van der Waals surface area contributed by atoms with Gasteiger partial charge in [-0.1, -0.05) is 24.3 Å². The van der Waals surface area contributed by atoms with Crippen LogP contribution < -0.4 is 19.5 Å². The molecule has 3 aromatic rings. The van der Waals surface area contributed by atoms with Crippen LogP contribution in [0.2, 0.25) is 0 Å². The number of benzene rings is 2. The van der Waals surface area contributed by atoms with Crippen molar-refractivity contribution in [2.45, 2.75) is 13.0 Å². The van der Waals surface area contributed by atoms with Crippen molar-refractivity contribution in [1.82, 2.24) is 15.5 Å². The van der Waals surface area contributed by atoms with Crippen molar-refractivity contribution < 1.29 is 23.4 Å². The number of carbonyl (C=O) groups is 1. The smallest absolute Gasteiger partial charge is 0.309 e. The van der Waals surface area contributed by atoms with Crippen molar-refractivity contribution in [1.29, 1.82) is 0 Å². The molecule has 0 aliphatic carbocycles. The molecule has 8 nitrogen and oxygen atoms in total. The molecule has 146 valence electrons. The van der Waals surface area contributed by atoms with Gasteiger partial charge in [-0.05, 0) is 23.8 Å². The lowest BCUT2D eigenvalue weighted by molar-refractivity contribution is 0.0914. The lowest BCUT2D eigenvalue weighted by Crippen LogP contribution is -2.23. The minimum atomic E-state index is -0.447. The van der Waals surface area contributed by atoms with E-state index >= 15 is 0 Å². The maximum atomic E-state index is 12.3. The summed E-state index contributed by atoms with van der Waals surface area (Å²) in [6.07, 6.45) is 0.368. The third-order valence-corrected chi connectivity index (χ3v) is 4.10. The number of aromatic nitrogens is 2. The first-order valence-corrected chi connectivity index (χ1v) is 8.58. The monoisotopic (exact) mass is 383 g/mol. The van der Waals surface area contributed by atoms with Crippen LogP contribution in [0, 0.1) is 0 Å². The number of hydrogen-bond donors (Lipinski definition) is 1. The van der Waals surface area contributed by atoms with Crippen LogP contribution >= 0.6 is 0 Å². The average Bonchev–Trinajstić information content (AvgIpc) is 3.20. The molecule has 1 amide bonds. The summed E-state index contributed by atoms with van der Waals surface area (Å²) >= 11 is 0. The number of nitrogens with one attached hydrogen (secondary N) is 1. The van der Waals surface area contributed by atoms with E-state index in [-0.39, 0.29) is 12.4 Å². The highest BCUT2D eigenvalue weighted by atomic mass is 16.5. The normalized spacial score (nSPS) is 10.4. The predicted octanol–water partition coefficient (Wildman–Crippen LogP) is 2.62. The van der Waals surface area contributed by atoms with E-state index in [9.17, 15) is 4.79 Å². The first kappa shape index (κ1) is 19.2. The zero-order chi connectivity index (χ0) is 19.9. The van der Waals surface area contributed by atoms with Crippen molar-refractivity contribution in [3.8, 4) is 17.2 Å². The lowest BCUT2D eigenvalue weighted by Gasteiger charge is -2.08. The standard InChI is InChI=1S/C20H21N3O5/c1-25-15-7-5-4-6-14(15)12-21-19(24)20-23-22-18(28-20)11-13-8-9-16(26-2)17(10-13)27-3/h4-10H,11-12H2,1-3H3,(H,21,24). The van der Waals surface area contributed by atoms with E-state index in [0.29, 0.717) is 29.6 Å². The molecular formula is C20H21N3O5. The fraction of sp³-hybridized carbons (Fsp3) is 0.250. The third kappa shape index (κ3) is 4.40. The number of methoxy groups -OCH3 is 3. The maximum absolute atomic E-state index is 12.3. The molecule has 0 saturated heterocycles. The van der Waals surface area contributed by atoms with E-state index in [1.54, 1.807) is 27.4 Å². The summed E-state index contributed by atoms with van der Waals surface area (Å²) < 4.78 is 21.3. The van der Waals surface area contributed by atoms with Gasteiger partial charge in [0.2, 0.25) is 5.89 Å². The number of rotatable bonds is 8. The highest BCUT2D eigenvalue weighted by molar-refractivity contribution is 5.89. The van der Waals surface area contributed by atoms with E-state index in [1.807, 2.05) is 36.4 Å². The average molecular weight is 383 g/mol. The Morgan fingerprint density at radius 1 is 0.964 bits per heavy atom. The molecule has 1 heterocycles. The SMILES string of the molecule is COc1ccccc1CNC(=O)c1nnc(Cc2ccc(OC)c(OC)c2)o1. The summed E-state index contributed by atoms with van der Waals surface area (Å²) in [4.78, 5) is 12.3. The number of nitrogens with zero attached hydrogens (tertiary/aromatic N) is 2. The van der Waals surface area contributed by atoms with Gasteiger partial charge in [-0.3, -0.25) is 4.79 Å². The van der Waals surface area contributed by atoms with E-state index in [4.69, 9.17) is 18.6 Å². The molecule has 0 spiro atoms. The number of ether oxygens (including phenoxy) is 3. The molecule has 2 aromatic carbocycles. The highest BCUT2D eigenvalue weighted by Crippen LogP contribution is 2.28. The Morgan fingerprint density at radius 3 is 2.46 bits per heavy atom. The summed E-state index contributed by atoms with van der Waals surface area (Å²) in [5.41, 5.74) is 1.74. The van der Waals surface area contributed by atoms with Gasteiger partial charge in [0.15, 0.2) is 11.5 Å². The third-order valence-electron chi connectivity index (χ3n) is 4.10. The van der Waals surface area contributed by atoms with Gasteiger partial charge >= 0.3 is 11.8 Å². The van der Waals surface area contributed by atoms with Crippen molar-refractivity contribution in [3.63, 3.8) is 0 Å². The number of para-hydroxylation sites is 1. The summed E-state index contributed by atoms with van der Waals surface area (Å²) in [6.45, 7) is 0.288. The predicted molar refractivity (Wildman–Crippen MR) is 101 cm³/mol. The zero-order valence-corrected chi connectivity index (χ0v) is 15.9. The molecule has 0 bridgehead atoms. The molecule has 0 saturated carbocycles. The van der Waals surface area contributed by atoms with Crippen LogP contribution in [0.5, 0.6) is 17.2 Å². The van der Waals surface area contributed by atoms with E-state index in [0.717, 1.165) is 11.1 Å². The Morgan fingerprint density at radius 2 is 1.71 bits per heavy atom. The number of amides is 1. The quantitative estimate of drug-likeness (QED) is 0.639. The summed E-state index contributed by atoms with van der Waals surface area (Å²) in [7, 11) is 4.73. The second kappa shape index (κ2) is 8.90. The van der Waals surface area contributed by atoms with Crippen LogP contribution in [0.25, 0.3) is 0 Å². The van der Waals surface area contributed by atoms with E-state index in [1.165, 1.54) is 0 Å². The Bertz CT molecular complexity index is 955. The molecular weight excluding hydrogens is 362 g/mol. The Labute approximate surface area is 162 Å². The van der Waals surface area contributed by atoms with Gasteiger partial charge in [0.05, 0.1) is 27.8 Å². The second-order valence-corrected chi connectivity index (χ2v) is 5.86. The molecule has 8 heteroatoms. The number of carbonyl (C=O) groups excluding carboxylic acids is 1. The first-order valence-electron chi connectivity index (χ1n) is 8.58. The van der Waals surface area contributed by atoms with Gasteiger partial charge in [-0.2, -0.15) is 0 Å². The largest absolute Gasteiger partial charge is 0.496 e. The van der Waals surface area contributed by atoms with Crippen molar-refractivity contribution in [2.24, 2.45) is 0 Å². The molecule has 0 atom stereocenters. The van der Waals surface area contributed by atoms with Crippen LogP contribution in [-0.4, -0.2) is 37.4 Å². The second-order valence-electron chi connectivity index (χ2n) is 5.86. The zero-order valence-electron chi connectivity index (χ0n) is 15.9. The molecule has 3 rings (SSSR count). The molecule has 0 aliphatic heterocycles. The topological polar surface area (TPSA) is 95.7 Å². The van der Waals surface area contributed by atoms with Gasteiger partial charge in [0.25, 0.3) is 0 Å². The molecule has 0 unspecified atom stereocenters.